The van der Waals surface area contributed by atoms with E-state index < -0.39 is 12.1 Å². The average Bonchev–Trinajstić information content (AvgIpc) is 3.58. The van der Waals surface area contributed by atoms with Gasteiger partial charge >= 0.3 is 6.09 Å². The van der Waals surface area contributed by atoms with Crippen molar-refractivity contribution in [2.75, 3.05) is 19.6 Å². The molecule has 5 rings (SSSR count). The number of halogens is 1. The van der Waals surface area contributed by atoms with Gasteiger partial charge in [0.15, 0.2) is 5.75 Å². The number of ether oxygens (including phenoxy) is 1. The number of carbonyl (C=O) groups is 3. The first kappa shape index (κ1) is 32.8. The maximum atomic E-state index is 14.4. The molecule has 2 aliphatic carbocycles. The highest BCUT2D eigenvalue weighted by Crippen LogP contribution is 2.32. The molecule has 3 aliphatic rings. The Balaban J connectivity index is 1.33. The molecule has 1 aromatic carbocycles. The van der Waals surface area contributed by atoms with Crippen molar-refractivity contribution in [2.24, 2.45) is 5.92 Å². The maximum absolute atomic E-state index is 14.4. The van der Waals surface area contributed by atoms with E-state index in [0.29, 0.717) is 29.3 Å². The van der Waals surface area contributed by atoms with Gasteiger partial charge in [-0.25, -0.2) is 4.79 Å². The first-order valence-electron chi connectivity index (χ1n) is 16.4. The van der Waals surface area contributed by atoms with Crippen LogP contribution >= 0.6 is 22.9 Å². The molecule has 2 heterocycles. The van der Waals surface area contributed by atoms with E-state index in [9.17, 15) is 14.4 Å². The first-order valence-corrected chi connectivity index (χ1v) is 17.6. The van der Waals surface area contributed by atoms with E-state index in [-0.39, 0.29) is 37.5 Å². The van der Waals surface area contributed by atoms with E-state index in [1.807, 2.05) is 37.4 Å². The third kappa shape index (κ3) is 8.34. The van der Waals surface area contributed by atoms with E-state index >= 15 is 0 Å². The Labute approximate surface area is 270 Å². The number of hydrogen-bond donors (Lipinski definition) is 2. The third-order valence-electron chi connectivity index (χ3n) is 9.69. The number of aryl methyl sites for hydroxylation is 1. The van der Waals surface area contributed by atoms with Crippen LogP contribution in [0.2, 0.25) is 5.02 Å². The number of nitrogens with zero attached hydrogens (tertiary/aromatic N) is 2. The van der Waals surface area contributed by atoms with Crippen molar-refractivity contribution in [3.05, 3.63) is 50.7 Å². The van der Waals surface area contributed by atoms with E-state index in [1.54, 1.807) is 22.3 Å². The quantitative estimate of drug-likeness (QED) is 0.321. The van der Waals surface area contributed by atoms with Gasteiger partial charge in [-0.3, -0.25) is 9.59 Å². The minimum atomic E-state index is -0.819. The summed E-state index contributed by atoms with van der Waals surface area (Å²) in [5, 5.41) is 9.16. The van der Waals surface area contributed by atoms with Crippen molar-refractivity contribution in [1.82, 2.24) is 20.4 Å². The lowest BCUT2D eigenvalue weighted by atomic mass is 9.83. The molecule has 8 nitrogen and oxygen atoms in total. The Morgan fingerprint density at radius 3 is 2.43 bits per heavy atom. The molecule has 0 bridgehead atoms. The van der Waals surface area contributed by atoms with Gasteiger partial charge in [0.25, 0.3) is 0 Å². The molecule has 2 N–H and O–H groups in total. The molecule has 2 aromatic rings. The highest BCUT2D eigenvalue weighted by molar-refractivity contribution is 7.09. The van der Waals surface area contributed by atoms with Crippen LogP contribution in [0, 0.1) is 19.8 Å². The zero-order valence-electron chi connectivity index (χ0n) is 26.1. The summed E-state index contributed by atoms with van der Waals surface area (Å²) in [6.45, 7) is 4.82. The highest BCUT2D eigenvalue weighted by Gasteiger charge is 2.41. The fourth-order valence-corrected chi connectivity index (χ4v) is 7.78. The van der Waals surface area contributed by atoms with Gasteiger partial charge in [-0.1, -0.05) is 75.1 Å². The summed E-state index contributed by atoms with van der Waals surface area (Å²) >= 11 is 8.06. The van der Waals surface area contributed by atoms with Crippen LogP contribution in [0.5, 0.6) is 5.75 Å². The van der Waals surface area contributed by atoms with Gasteiger partial charge < -0.3 is 25.2 Å². The molecular formula is C34H47ClN4O4S. The molecule has 240 valence electrons. The van der Waals surface area contributed by atoms with Crippen molar-refractivity contribution in [3.63, 3.8) is 0 Å². The van der Waals surface area contributed by atoms with Crippen LogP contribution in [-0.2, 0) is 16.1 Å². The second kappa shape index (κ2) is 15.6. The molecule has 2 atom stereocenters. The lowest BCUT2D eigenvalue weighted by Crippen LogP contribution is -2.64. The number of rotatable bonds is 9. The summed E-state index contributed by atoms with van der Waals surface area (Å²) in [5.41, 5.74) is 1.86. The molecule has 3 amide bonds. The molecule has 0 unspecified atom stereocenters. The normalized spacial score (nSPS) is 20.8. The zero-order valence-corrected chi connectivity index (χ0v) is 27.7. The Morgan fingerprint density at radius 1 is 1.00 bits per heavy atom. The molecule has 2 saturated carbocycles. The fraction of sp³-hybridized carbons (Fsp3) is 0.618. The van der Waals surface area contributed by atoms with Gasteiger partial charge in [-0.2, -0.15) is 0 Å². The third-order valence-corrected chi connectivity index (χ3v) is 11.0. The Morgan fingerprint density at radius 2 is 1.73 bits per heavy atom. The number of piperazine rings is 1. The molecule has 1 aliphatic heterocycles. The van der Waals surface area contributed by atoms with Crippen LogP contribution in [0.4, 0.5) is 4.79 Å². The van der Waals surface area contributed by atoms with Crippen molar-refractivity contribution in [2.45, 2.75) is 109 Å². The second-order valence-electron chi connectivity index (χ2n) is 12.8. The fourth-order valence-electron chi connectivity index (χ4n) is 6.89. The summed E-state index contributed by atoms with van der Waals surface area (Å²) in [6, 6.07) is 6.66. The zero-order chi connectivity index (χ0) is 31.1. The molecule has 10 heteroatoms. The van der Waals surface area contributed by atoms with E-state index in [4.69, 9.17) is 16.3 Å². The molecular weight excluding hydrogens is 596 g/mol. The highest BCUT2D eigenvalue weighted by atomic mass is 35.5. The number of nitrogens with one attached hydrogen (secondary N) is 2. The standard InChI is InChI=1S/C34H47ClN4O4S/c1-23-15-16-30(31(35)24(23)2)43-34(42)38-17-18-39(29(22-38)32(40)36-21-27-14-9-19-44-27)33(41)28(20-25-10-5-3-6-11-25)37-26-12-7-4-8-13-26/h9,14-16,19,25-26,28-29,37H,3-8,10-13,17-18,20-22H2,1-2H3,(H,36,40)/t28-,29+/m1/s1. The van der Waals surface area contributed by atoms with Gasteiger partial charge in [0.05, 0.1) is 24.2 Å². The molecule has 0 spiro atoms. The molecule has 44 heavy (non-hydrogen) atoms. The predicted octanol–water partition coefficient (Wildman–Crippen LogP) is 6.61. The Hall–Kier alpha value is -2.62. The van der Waals surface area contributed by atoms with Gasteiger partial charge in [0.2, 0.25) is 11.8 Å². The van der Waals surface area contributed by atoms with Crippen LogP contribution in [-0.4, -0.2) is 65.5 Å². The van der Waals surface area contributed by atoms with E-state index in [0.717, 1.165) is 48.1 Å². The van der Waals surface area contributed by atoms with Gasteiger partial charge in [0, 0.05) is 24.0 Å². The smallest absolute Gasteiger partial charge is 0.409 e. The SMILES string of the molecule is Cc1ccc(OC(=O)N2CCN(C(=O)[C@@H](CC3CCCCC3)NC3CCCCC3)[C@H](C(=O)NCc3cccs3)C2)c(Cl)c1C. The summed E-state index contributed by atoms with van der Waals surface area (Å²) in [5.74, 6) is 0.519. The van der Waals surface area contributed by atoms with Crippen molar-refractivity contribution < 1.29 is 19.1 Å². The van der Waals surface area contributed by atoms with Crippen molar-refractivity contribution >= 4 is 40.8 Å². The lowest BCUT2D eigenvalue weighted by molar-refractivity contribution is -0.145. The van der Waals surface area contributed by atoms with Crippen LogP contribution in [0.3, 0.4) is 0 Å². The number of benzene rings is 1. The maximum Gasteiger partial charge on any atom is 0.415 e. The van der Waals surface area contributed by atoms with Gasteiger partial charge in [-0.15, -0.1) is 11.3 Å². The summed E-state index contributed by atoms with van der Waals surface area (Å²) < 4.78 is 5.72. The monoisotopic (exact) mass is 642 g/mol. The number of hydrogen-bond acceptors (Lipinski definition) is 6. The minimum Gasteiger partial charge on any atom is -0.409 e. The molecule has 1 saturated heterocycles. The molecule has 3 fully saturated rings. The van der Waals surface area contributed by atoms with Crippen LogP contribution in [0.15, 0.2) is 29.6 Å². The van der Waals surface area contributed by atoms with Crippen LogP contribution in [0.1, 0.15) is 86.6 Å². The number of amides is 3. The summed E-state index contributed by atoms with van der Waals surface area (Å²) in [4.78, 5) is 45.8. The Bertz CT molecular complexity index is 1260. The number of thiophene rings is 1. The summed E-state index contributed by atoms with van der Waals surface area (Å²) in [6.07, 6.45) is 12.0. The molecule has 0 radical (unpaired) electrons. The van der Waals surface area contributed by atoms with Crippen LogP contribution in [0.25, 0.3) is 0 Å². The van der Waals surface area contributed by atoms with Gasteiger partial charge in [0.1, 0.15) is 6.04 Å². The lowest BCUT2D eigenvalue weighted by Gasteiger charge is -2.42. The average molecular weight is 643 g/mol. The number of carbonyl (C=O) groups excluding carboxylic acids is 3. The van der Waals surface area contributed by atoms with Gasteiger partial charge in [-0.05, 0) is 67.7 Å². The van der Waals surface area contributed by atoms with Crippen molar-refractivity contribution in [1.29, 1.82) is 0 Å². The summed E-state index contributed by atoms with van der Waals surface area (Å²) in [7, 11) is 0. The largest absolute Gasteiger partial charge is 0.415 e. The topological polar surface area (TPSA) is 91.0 Å². The van der Waals surface area contributed by atoms with Crippen LogP contribution < -0.4 is 15.4 Å². The van der Waals surface area contributed by atoms with E-state index in [1.165, 1.54) is 43.4 Å². The first-order chi connectivity index (χ1) is 21.3. The van der Waals surface area contributed by atoms with E-state index in [2.05, 4.69) is 10.6 Å². The Kier molecular flexibility index (Phi) is 11.6. The second-order valence-corrected chi connectivity index (χ2v) is 14.2. The minimum absolute atomic E-state index is 0.0253. The van der Waals surface area contributed by atoms with Crippen molar-refractivity contribution in [3.8, 4) is 5.75 Å². The molecule has 1 aromatic heterocycles. The predicted molar refractivity (Wildman–Crippen MR) is 175 cm³/mol.